The lowest BCUT2D eigenvalue weighted by Crippen LogP contribution is -1.99. The molecule has 1 N–H and O–H groups in total. The van der Waals surface area contributed by atoms with E-state index in [0.717, 1.165) is 6.07 Å². The number of anilines is 2. The fourth-order valence-corrected chi connectivity index (χ4v) is 1.94. The average molecular weight is 336 g/mol. The Bertz CT molecular complexity index is 728. The molecule has 0 amide bonds. The molecule has 0 fully saturated rings. The highest BCUT2D eigenvalue weighted by atomic mass is 79.9. The van der Waals surface area contributed by atoms with Gasteiger partial charge < -0.3 is 5.32 Å². The van der Waals surface area contributed by atoms with Crippen molar-refractivity contribution in [3.63, 3.8) is 0 Å². The van der Waals surface area contributed by atoms with E-state index in [1.54, 1.807) is 6.07 Å². The van der Waals surface area contributed by atoms with Gasteiger partial charge in [0, 0.05) is 10.5 Å². The topological polar surface area (TPSA) is 79.0 Å². The SMILES string of the molecule is N#Cc1ccc(Nc2ccc(Br)cc2[N+](=O)[O-])c(F)c1. The maximum absolute atomic E-state index is 13.7. The summed E-state index contributed by atoms with van der Waals surface area (Å²) in [6.45, 7) is 0. The number of nitrogens with zero attached hydrogens (tertiary/aromatic N) is 2. The summed E-state index contributed by atoms with van der Waals surface area (Å²) in [7, 11) is 0. The Balaban J connectivity index is 2.40. The lowest BCUT2D eigenvalue weighted by molar-refractivity contribution is -0.384. The Morgan fingerprint density at radius 3 is 2.55 bits per heavy atom. The van der Waals surface area contributed by atoms with Gasteiger partial charge in [-0.15, -0.1) is 0 Å². The van der Waals surface area contributed by atoms with E-state index in [0.29, 0.717) is 4.47 Å². The van der Waals surface area contributed by atoms with Crippen molar-refractivity contribution in [2.24, 2.45) is 0 Å². The van der Waals surface area contributed by atoms with Crippen LogP contribution in [0.4, 0.5) is 21.5 Å². The standard InChI is InChI=1S/C13H7BrFN3O2/c14-9-2-4-12(13(6-9)18(19)20)17-11-3-1-8(7-16)5-10(11)15/h1-6,17H. The Kier molecular flexibility index (Phi) is 3.96. The van der Waals surface area contributed by atoms with E-state index in [4.69, 9.17) is 5.26 Å². The highest BCUT2D eigenvalue weighted by Gasteiger charge is 2.15. The summed E-state index contributed by atoms with van der Waals surface area (Å²) < 4.78 is 14.3. The number of nitro groups is 1. The zero-order valence-electron chi connectivity index (χ0n) is 9.93. The van der Waals surface area contributed by atoms with E-state index in [9.17, 15) is 14.5 Å². The summed E-state index contributed by atoms with van der Waals surface area (Å²) in [5.41, 5.74) is 0.234. The van der Waals surface area contributed by atoms with Crippen molar-refractivity contribution >= 4 is 33.0 Å². The number of halogens is 2. The summed E-state index contributed by atoms with van der Waals surface area (Å²) in [5, 5.41) is 22.3. The van der Waals surface area contributed by atoms with Crippen LogP contribution < -0.4 is 5.32 Å². The van der Waals surface area contributed by atoms with Gasteiger partial charge in [-0.2, -0.15) is 5.26 Å². The van der Waals surface area contributed by atoms with Gasteiger partial charge in [-0.05, 0) is 30.3 Å². The van der Waals surface area contributed by atoms with Crippen LogP contribution in [0, 0.1) is 27.3 Å². The van der Waals surface area contributed by atoms with Gasteiger partial charge in [0.1, 0.15) is 11.5 Å². The molecule has 20 heavy (non-hydrogen) atoms. The average Bonchev–Trinajstić information content (AvgIpc) is 2.42. The van der Waals surface area contributed by atoms with Gasteiger partial charge in [0.25, 0.3) is 5.69 Å². The molecule has 2 aromatic rings. The van der Waals surface area contributed by atoms with E-state index in [1.807, 2.05) is 6.07 Å². The number of nitro benzene ring substituents is 1. The first-order chi connectivity index (χ1) is 9.51. The molecule has 0 heterocycles. The summed E-state index contributed by atoms with van der Waals surface area (Å²) >= 11 is 3.14. The van der Waals surface area contributed by atoms with Gasteiger partial charge in [-0.3, -0.25) is 10.1 Å². The molecule has 0 saturated carbocycles. The van der Waals surface area contributed by atoms with E-state index < -0.39 is 10.7 Å². The first-order valence-corrected chi connectivity index (χ1v) is 6.21. The molecule has 0 bridgehead atoms. The Labute approximate surface area is 121 Å². The molecule has 7 heteroatoms. The van der Waals surface area contributed by atoms with Crippen LogP contribution in [0.15, 0.2) is 40.9 Å². The van der Waals surface area contributed by atoms with E-state index in [2.05, 4.69) is 21.2 Å². The largest absolute Gasteiger partial charge is 0.348 e. The molecule has 5 nitrogen and oxygen atoms in total. The van der Waals surface area contributed by atoms with Crippen LogP contribution in [-0.4, -0.2) is 4.92 Å². The monoisotopic (exact) mass is 335 g/mol. The van der Waals surface area contributed by atoms with Gasteiger partial charge in [-0.25, -0.2) is 4.39 Å². The van der Waals surface area contributed by atoms with Crippen LogP contribution >= 0.6 is 15.9 Å². The predicted molar refractivity (Wildman–Crippen MR) is 75.2 cm³/mol. The summed E-state index contributed by atoms with van der Waals surface area (Å²) in [5.74, 6) is -0.652. The number of benzene rings is 2. The third-order valence-electron chi connectivity index (χ3n) is 2.52. The summed E-state index contributed by atoms with van der Waals surface area (Å²) in [4.78, 5) is 10.4. The van der Waals surface area contributed by atoms with Gasteiger partial charge in [0.15, 0.2) is 0 Å². The van der Waals surface area contributed by atoms with Gasteiger partial charge in [0.2, 0.25) is 0 Å². The quantitative estimate of drug-likeness (QED) is 0.676. The second-order valence-corrected chi connectivity index (χ2v) is 4.77. The molecule has 0 spiro atoms. The molecule has 0 aliphatic rings. The van der Waals surface area contributed by atoms with Crippen molar-refractivity contribution in [1.29, 1.82) is 5.26 Å². The lowest BCUT2D eigenvalue weighted by Gasteiger charge is -2.08. The Morgan fingerprint density at radius 2 is 1.95 bits per heavy atom. The molecule has 0 aromatic heterocycles. The van der Waals surface area contributed by atoms with Crippen molar-refractivity contribution in [1.82, 2.24) is 0 Å². The summed E-state index contributed by atoms with van der Waals surface area (Å²) in [6, 6.07) is 10.1. The molecule has 0 aliphatic heterocycles. The fourth-order valence-electron chi connectivity index (χ4n) is 1.59. The maximum Gasteiger partial charge on any atom is 0.293 e. The van der Waals surface area contributed by atoms with E-state index >= 15 is 0 Å². The third kappa shape index (κ3) is 2.92. The first kappa shape index (κ1) is 14.0. The number of nitriles is 1. The number of hydrogen-bond donors (Lipinski definition) is 1. The second-order valence-electron chi connectivity index (χ2n) is 3.85. The zero-order valence-corrected chi connectivity index (χ0v) is 11.5. The Hall–Kier alpha value is -2.46. The van der Waals surface area contributed by atoms with E-state index in [1.165, 1.54) is 24.3 Å². The predicted octanol–water partition coefficient (Wildman–Crippen LogP) is 4.11. The van der Waals surface area contributed by atoms with Crippen LogP contribution in [0.5, 0.6) is 0 Å². The van der Waals surface area contributed by atoms with Crippen molar-refractivity contribution in [2.75, 3.05) is 5.32 Å². The highest BCUT2D eigenvalue weighted by Crippen LogP contribution is 2.31. The van der Waals surface area contributed by atoms with Gasteiger partial charge in [0.05, 0.1) is 22.2 Å². The van der Waals surface area contributed by atoms with Gasteiger partial charge in [-0.1, -0.05) is 15.9 Å². The molecule has 0 radical (unpaired) electrons. The lowest BCUT2D eigenvalue weighted by atomic mass is 10.2. The van der Waals surface area contributed by atoms with Crippen LogP contribution in [0.2, 0.25) is 0 Å². The van der Waals surface area contributed by atoms with Crippen LogP contribution in [0.25, 0.3) is 0 Å². The molecular weight excluding hydrogens is 329 g/mol. The van der Waals surface area contributed by atoms with Crippen molar-refractivity contribution < 1.29 is 9.31 Å². The van der Waals surface area contributed by atoms with Crippen LogP contribution in [0.1, 0.15) is 5.56 Å². The third-order valence-corrected chi connectivity index (χ3v) is 3.02. The maximum atomic E-state index is 13.7. The fraction of sp³-hybridized carbons (Fsp3) is 0. The number of nitrogens with one attached hydrogen (secondary N) is 1. The number of hydrogen-bond acceptors (Lipinski definition) is 4. The van der Waals surface area contributed by atoms with Crippen molar-refractivity contribution in [2.45, 2.75) is 0 Å². The molecule has 0 saturated heterocycles. The zero-order chi connectivity index (χ0) is 14.7. The smallest absolute Gasteiger partial charge is 0.293 e. The molecular formula is C13H7BrFN3O2. The normalized spacial score (nSPS) is 9.85. The minimum absolute atomic E-state index is 0.0643. The number of rotatable bonds is 3. The van der Waals surface area contributed by atoms with Crippen LogP contribution in [-0.2, 0) is 0 Å². The minimum Gasteiger partial charge on any atom is -0.348 e. The van der Waals surface area contributed by atoms with Crippen molar-refractivity contribution in [3.8, 4) is 6.07 Å². The second kappa shape index (κ2) is 5.67. The highest BCUT2D eigenvalue weighted by molar-refractivity contribution is 9.10. The summed E-state index contributed by atoms with van der Waals surface area (Å²) in [6.07, 6.45) is 0. The molecule has 0 unspecified atom stereocenters. The molecule has 2 rings (SSSR count). The molecule has 100 valence electrons. The molecule has 0 atom stereocenters. The minimum atomic E-state index is -0.652. The molecule has 2 aromatic carbocycles. The van der Waals surface area contributed by atoms with E-state index in [-0.39, 0.29) is 22.6 Å². The van der Waals surface area contributed by atoms with Gasteiger partial charge >= 0.3 is 0 Å². The molecule has 0 aliphatic carbocycles. The van der Waals surface area contributed by atoms with Crippen LogP contribution in [0.3, 0.4) is 0 Å². The Morgan fingerprint density at radius 1 is 1.25 bits per heavy atom. The van der Waals surface area contributed by atoms with Crippen molar-refractivity contribution in [3.05, 3.63) is 62.4 Å². The first-order valence-electron chi connectivity index (χ1n) is 5.42.